The predicted molar refractivity (Wildman–Crippen MR) is 136 cm³/mol. The summed E-state index contributed by atoms with van der Waals surface area (Å²) in [6.45, 7) is 5.55. The van der Waals surface area contributed by atoms with Gasteiger partial charge in [-0.2, -0.15) is 0 Å². The number of nitrogens with zero attached hydrogens (tertiary/aromatic N) is 5. The van der Waals surface area contributed by atoms with Crippen molar-refractivity contribution in [3.63, 3.8) is 0 Å². The van der Waals surface area contributed by atoms with Gasteiger partial charge in [0.25, 0.3) is 0 Å². The van der Waals surface area contributed by atoms with E-state index in [1.165, 1.54) is 12.1 Å². The molecule has 2 fully saturated rings. The van der Waals surface area contributed by atoms with Crippen molar-refractivity contribution in [1.82, 2.24) is 19.8 Å². The van der Waals surface area contributed by atoms with Crippen LogP contribution in [0.4, 0.5) is 21.6 Å². The number of hydrogen-bond acceptors (Lipinski definition) is 7. The zero-order valence-electron chi connectivity index (χ0n) is 19.9. The fourth-order valence-corrected chi connectivity index (χ4v) is 5.76. The van der Waals surface area contributed by atoms with E-state index >= 15 is 0 Å². The maximum absolute atomic E-state index is 14.5. The van der Waals surface area contributed by atoms with Gasteiger partial charge >= 0.3 is 0 Å². The molecule has 2 saturated heterocycles. The molecule has 3 aromatic rings. The third kappa shape index (κ3) is 4.38. The molecule has 10 heteroatoms. The monoisotopic (exact) mass is 508 g/mol. The standard InChI is InChI=1S/C26H26ClFN6O2/c1-32-13-26(14-32)15-33(16-26)12-25(35)31-24-9-18(4-5-29-24)34-6-7-36-23-11-30-21(10-22(23)34)19-8-17(27)2-3-20(19)28/h2-5,8-11H,6-7,12-16H2,1H3,(H,29,31,35). The van der Waals surface area contributed by atoms with Crippen molar-refractivity contribution in [1.29, 1.82) is 0 Å². The number of aromatic nitrogens is 2. The number of carbonyl (C=O) groups is 1. The van der Waals surface area contributed by atoms with Crippen LogP contribution in [0.3, 0.4) is 0 Å². The molecule has 6 rings (SSSR count). The number of fused-ring (bicyclic) bond motifs is 1. The van der Waals surface area contributed by atoms with E-state index in [0.717, 1.165) is 37.6 Å². The Kier molecular flexibility index (Phi) is 5.78. The van der Waals surface area contributed by atoms with Gasteiger partial charge in [-0.3, -0.25) is 14.7 Å². The van der Waals surface area contributed by atoms with Gasteiger partial charge in [0.15, 0.2) is 5.75 Å². The van der Waals surface area contributed by atoms with Gasteiger partial charge in [0, 0.05) is 60.1 Å². The number of nitrogens with one attached hydrogen (secondary N) is 1. The first-order valence-electron chi connectivity index (χ1n) is 11.9. The van der Waals surface area contributed by atoms with Crippen molar-refractivity contribution in [2.75, 3.05) is 63.1 Å². The van der Waals surface area contributed by atoms with Crippen LogP contribution < -0.4 is 15.0 Å². The summed E-state index contributed by atoms with van der Waals surface area (Å²) < 4.78 is 20.3. The van der Waals surface area contributed by atoms with Crippen molar-refractivity contribution in [3.05, 3.63) is 59.6 Å². The SMILES string of the molecule is CN1CC2(C1)CN(CC(=O)Nc1cc(N3CCOc4cnc(-c5cc(Cl)ccc5F)cc43)ccn1)C2. The van der Waals surface area contributed by atoms with Crippen LogP contribution in [0.15, 0.2) is 48.8 Å². The maximum Gasteiger partial charge on any atom is 0.239 e. The highest BCUT2D eigenvalue weighted by Crippen LogP contribution is 2.40. The Morgan fingerprint density at radius 3 is 2.81 bits per heavy atom. The molecule has 0 bridgehead atoms. The number of pyridine rings is 2. The Morgan fingerprint density at radius 2 is 2.00 bits per heavy atom. The molecule has 0 unspecified atom stereocenters. The molecule has 8 nitrogen and oxygen atoms in total. The summed E-state index contributed by atoms with van der Waals surface area (Å²) in [6, 6.07) is 9.90. The van der Waals surface area contributed by atoms with E-state index in [9.17, 15) is 9.18 Å². The molecule has 3 aliphatic heterocycles. The average molecular weight is 509 g/mol. The first-order valence-corrected chi connectivity index (χ1v) is 12.3. The Balaban J connectivity index is 1.19. The lowest BCUT2D eigenvalue weighted by Gasteiger charge is -2.59. The van der Waals surface area contributed by atoms with Gasteiger partial charge in [-0.15, -0.1) is 0 Å². The summed E-state index contributed by atoms with van der Waals surface area (Å²) in [5.41, 5.74) is 2.76. The second-order valence-electron chi connectivity index (χ2n) is 9.93. The van der Waals surface area contributed by atoms with Crippen LogP contribution in [0.5, 0.6) is 5.75 Å². The van der Waals surface area contributed by atoms with Gasteiger partial charge < -0.3 is 19.9 Å². The number of hydrogen-bond donors (Lipinski definition) is 1. The first-order chi connectivity index (χ1) is 17.4. The van der Waals surface area contributed by atoms with Gasteiger partial charge in [0.1, 0.15) is 18.2 Å². The van der Waals surface area contributed by atoms with Gasteiger partial charge in [0.2, 0.25) is 5.91 Å². The van der Waals surface area contributed by atoms with Gasteiger partial charge in [-0.25, -0.2) is 9.37 Å². The summed E-state index contributed by atoms with van der Waals surface area (Å²) in [5, 5.41) is 3.36. The number of likely N-dealkylation sites (tertiary alicyclic amines) is 2. The third-order valence-electron chi connectivity index (χ3n) is 6.93. The van der Waals surface area contributed by atoms with Crippen molar-refractivity contribution in [2.45, 2.75) is 0 Å². The highest BCUT2D eigenvalue weighted by molar-refractivity contribution is 6.30. The van der Waals surface area contributed by atoms with E-state index < -0.39 is 5.82 Å². The van der Waals surface area contributed by atoms with Crippen molar-refractivity contribution >= 4 is 34.7 Å². The topological polar surface area (TPSA) is 73.8 Å². The maximum atomic E-state index is 14.5. The number of ether oxygens (including phenoxy) is 1. The zero-order chi connectivity index (χ0) is 24.9. The molecule has 0 saturated carbocycles. The van der Waals surface area contributed by atoms with Gasteiger partial charge in [-0.1, -0.05) is 11.6 Å². The Bertz CT molecular complexity index is 1320. The van der Waals surface area contributed by atoms with Gasteiger partial charge in [-0.05, 0) is 37.4 Å². The number of amides is 1. The number of carbonyl (C=O) groups excluding carboxylic acids is 1. The van der Waals surface area contributed by atoms with Crippen LogP contribution in [0.25, 0.3) is 11.3 Å². The molecule has 1 N–H and O–H groups in total. The van der Waals surface area contributed by atoms with Crippen LogP contribution in [0.2, 0.25) is 5.02 Å². The second-order valence-corrected chi connectivity index (χ2v) is 10.4. The molecule has 0 radical (unpaired) electrons. The fourth-order valence-electron chi connectivity index (χ4n) is 5.59. The van der Waals surface area contributed by atoms with Crippen molar-refractivity contribution in [3.8, 4) is 17.0 Å². The van der Waals surface area contributed by atoms with E-state index in [4.69, 9.17) is 16.3 Å². The highest BCUT2D eigenvalue weighted by atomic mass is 35.5. The molecule has 0 atom stereocenters. The summed E-state index contributed by atoms with van der Waals surface area (Å²) in [7, 11) is 2.12. The Hall–Kier alpha value is -3.27. The molecule has 186 valence electrons. The largest absolute Gasteiger partial charge is 0.488 e. The van der Waals surface area contributed by atoms with E-state index in [0.29, 0.717) is 53.0 Å². The van der Waals surface area contributed by atoms with Crippen LogP contribution in [-0.4, -0.2) is 78.6 Å². The Labute approximate surface area is 213 Å². The quantitative estimate of drug-likeness (QED) is 0.564. The summed E-state index contributed by atoms with van der Waals surface area (Å²) in [4.78, 5) is 27.9. The highest BCUT2D eigenvalue weighted by Gasteiger charge is 2.50. The molecule has 2 aromatic heterocycles. The lowest BCUT2D eigenvalue weighted by molar-refractivity contribution is -0.130. The van der Waals surface area contributed by atoms with Crippen LogP contribution in [0.1, 0.15) is 0 Å². The van der Waals surface area contributed by atoms with E-state index in [1.807, 2.05) is 12.1 Å². The minimum atomic E-state index is -0.401. The molecule has 1 spiro atoms. The number of benzene rings is 1. The number of rotatable bonds is 5. The van der Waals surface area contributed by atoms with E-state index in [-0.39, 0.29) is 5.91 Å². The molecule has 1 amide bonds. The minimum Gasteiger partial charge on any atom is -0.488 e. The molecule has 1 aromatic carbocycles. The van der Waals surface area contributed by atoms with E-state index in [1.54, 1.807) is 24.5 Å². The van der Waals surface area contributed by atoms with Crippen molar-refractivity contribution in [2.24, 2.45) is 5.41 Å². The minimum absolute atomic E-state index is 0.0764. The van der Waals surface area contributed by atoms with Crippen molar-refractivity contribution < 1.29 is 13.9 Å². The molecule has 5 heterocycles. The smallest absolute Gasteiger partial charge is 0.239 e. The normalized spacial score (nSPS) is 18.7. The second kappa shape index (κ2) is 8.99. The lowest BCUT2D eigenvalue weighted by Crippen LogP contribution is -2.71. The average Bonchev–Trinajstić information content (AvgIpc) is 2.83. The number of anilines is 3. The number of halogens is 2. The zero-order valence-corrected chi connectivity index (χ0v) is 20.6. The van der Waals surface area contributed by atoms with Crippen LogP contribution >= 0.6 is 11.6 Å². The third-order valence-corrected chi connectivity index (χ3v) is 7.17. The fraction of sp³-hybridized carbons (Fsp3) is 0.346. The summed E-state index contributed by atoms with van der Waals surface area (Å²) in [6.07, 6.45) is 3.27. The molecular formula is C26H26ClFN6O2. The Morgan fingerprint density at radius 1 is 1.17 bits per heavy atom. The van der Waals surface area contributed by atoms with Crippen LogP contribution in [0, 0.1) is 11.2 Å². The predicted octanol–water partition coefficient (Wildman–Crippen LogP) is 3.65. The van der Waals surface area contributed by atoms with E-state index in [2.05, 4.69) is 37.0 Å². The first kappa shape index (κ1) is 23.1. The molecule has 0 aliphatic carbocycles. The molecular weight excluding hydrogens is 483 g/mol. The molecule has 3 aliphatic rings. The lowest BCUT2D eigenvalue weighted by atomic mass is 9.73. The summed E-state index contributed by atoms with van der Waals surface area (Å²) in [5.74, 6) is 0.608. The molecule has 36 heavy (non-hydrogen) atoms. The van der Waals surface area contributed by atoms with Gasteiger partial charge in [0.05, 0.1) is 30.7 Å². The van der Waals surface area contributed by atoms with Crippen LogP contribution in [-0.2, 0) is 4.79 Å². The summed E-state index contributed by atoms with van der Waals surface area (Å²) >= 11 is 6.09.